The van der Waals surface area contributed by atoms with Crippen LogP contribution in [0.15, 0.2) is 42.5 Å². The standard InChI is InChI=1S/C18H12ClN3O2.H2O/c1-3-11-5-4-6-13(9-11)20-16-14-8-7-12(17(23)24-2)10-15(14)21-18(19)22-16;/h1,4-10H,2H3,(H,20,21,22);1H2. The minimum atomic E-state index is -0.442. The highest BCUT2D eigenvalue weighted by Gasteiger charge is 2.11. The van der Waals surface area contributed by atoms with Gasteiger partial charge in [-0.3, -0.25) is 0 Å². The van der Waals surface area contributed by atoms with Gasteiger partial charge in [-0.1, -0.05) is 12.0 Å². The van der Waals surface area contributed by atoms with Crippen molar-refractivity contribution in [3.63, 3.8) is 0 Å². The molecule has 3 N–H and O–H groups in total. The molecule has 0 fully saturated rings. The van der Waals surface area contributed by atoms with Crippen LogP contribution in [0, 0.1) is 12.3 Å². The van der Waals surface area contributed by atoms with E-state index < -0.39 is 5.97 Å². The summed E-state index contributed by atoms with van der Waals surface area (Å²) in [5.41, 5.74) is 2.45. The number of methoxy groups -OCH3 is 1. The SMILES string of the molecule is C#Cc1cccc(Nc2nc(Cl)nc3cc(C(=O)OC)ccc23)c1.O. The molecular formula is C18H14ClN3O3. The molecule has 1 heterocycles. The molecule has 0 saturated heterocycles. The lowest BCUT2D eigenvalue weighted by molar-refractivity contribution is 0.0601. The van der Waals surface area contributed by atoms with Gasteiger partial charge in [-0.25, -0.2) is 9.78 Å². The van der Waals surface area contributed by atoms with Crippen LogP contribution in [0.3, 0.4) is 0 Å². The zero-order chi connectivity index (χ0) is 17.1. The number of nitrogens with zero attached hydrogens (tertiary/aromatic N) is 2. The van der Waals surface area contributed by atoms with E-state index in [9.17, 15) is 4.79 Å². The highest BCUT2D eigenvalue weighted by Crippen LogP contribution is 2.26. The summed E-state index contributed by atoms with van der Waals surface area (Å²) >= 11 is 6.00. The molecule has 3 aromatic rings. The number of fused-ring (bicyclic) bond motifs is 1. The molecule has 0 unspecified atom stereocenters. The minimum Gasteiger partial charge on any atom is -0.465 e. The topological polar surface area (TPSA) is 95.6 Å². The average Bonchev–Trinajstić information content (AvgIpc) is 2.60. The van der Waals surface area contributed by atoms with Crippen molar-refractivity contribution in [1.82, 2.24) is 9.97 Å². The maximum absolute atomic E-state index is 11.7. The van der Waals surface area contributed by atoms with Crippen LogP contribution in [0.5, 0.6) is 0 Å². The van der Waals surface area contributed by atoms with E-state index in [1.165, 1.54) is 7.11 Å². The normalized spacial score (nSPS) is 9.80. The van der Waals surface area contributed by atoms with Gasteiger partial charge in [0.1, 0.15) is 5.82 Å². The number of terminal acetylenes is 1. The van der Waals surface area contributed by atoms with E-state index in [2.05, 4.69) is 21.2 Å². The van der Waals surface area contributed by atoms with E-state index in [-0.39, 0.29) is 10.8 Å². The first kappa shape index (κ1) is 18.2. The zero-order valence-corrected chi connectivity index (χ0v) is 14.0. The highest BCUT2D eigenvalue weighted by molar-refractivity contribution is 6.28. The van der Waals surface area contributed by atoms with Crippen LogP contribution in [0.1, 0.15) is 15.9 Å². The Balaban J connectivity index is 0.00000225. The van der Waals surface area contributed by atoms with E-state index >= 15 is 0 Å². The second kappa shape index (κ2) is 7.62. The Hall–Kier alpha value is -3.14. The third-order valence-corrected chi connectivity index (χ3v) is 3.55. The van der Waals surface area contributed by atoms with Crippen molar-refractivity contribution >= 4 is 40.0 Å². The smallest absolute Gasteiger partial charge is 0.337 e. The Bertz CT molecular complexity index is 983. The van der Waals surface area contributed by atoms with Crippen molar-refractivity contribution in [3.05, 3.63) is 58.9 Å². The van der Waals surface area contributed by atoms with E-state index in [1.54, 1.807) is 18.2 Å². The Kier molecular flexibility index (Phi) is 5.55. The number of hydrogen-bond acceptors (Lipinski definition) is 5. The summed E-state index contributed by atoms with van der Waals surface area (Å²) in [6.07, 6.45) is 5.42. The quantitative estimate of drug-likeness (QED) is 0.442. The summed E-state index contributed by atoms with van der Waals surface area (Å²) in [6.45, 7) is 0. The van der Waals surface area contributed by atoms with Crippen LogP contribution >= 0.6 is 11.6 Å². The molecule has 3 rings (SSSR count). The van der Waals surface area contributed by atoms with E-state index in [1.807, 2.05) is 24.3 Å². The summed E-state index contributed by atoms with van der Waals surface area (Å²) in [6, 6.07) is 12.4. The van der Waals surface area contributed by atoms with E-state index in [0.29, 0.717) is 16.9 Å². The molecule has 0 aliphatic rings. The van der Waals surface area contributed by atoms with Gasteiger partial charge in [0.05, 0.1) is 18.2 Å². The van der Waals surface area contributed by atoms with E-state index in [0.717, 1.165) is 16.6 Å². The Morgan fingerprint density at radius 2 is 2.04 bits per heavy atom. The predicted molar refractivity (Wildman–Crippen MR) is 97.2 cm³/mol. The molecule has 7 heteroatoms. The maximum atomic E-state index is 11.7. The highest BCUT2D eigenvalue weighted by atomic mass is 35.5. The molecule has 0 saturated carbocycles. The van der Waals surface area contributed by atoms with Gasteiger partial charge in [0, 0.05) is 16.6 Å². The zero-order valence-electron chi connectivity index (χ0n) is 13.2. The fourth-order valence-corrected chi connectivity index (χ4v) is 2.44. The fourth-order valence-electron chi connectivity index (χ4n) is 2.26. The number of nitrogens with one attached hydrogen (secondary N) is 1. The first-order valence-electron chi connectivity index (χ1n) is 7.00. The fraction of sp³-hybridized carbons (Fsp3) is 0.0556. The number of benzene rings is 2. The summed E-state index contributed by atoms with van der Waals surface area (Å²) in [4.78, 5) is 20.0. The first-order valence-corrected chi connectivity index (χ1v) is 7.38. The van der Waals surface area contributed by atoms with Crippen molar-refractivity contribution in [2.45, 2.75) is 0 Å². The molecule has 6 nitrogen and oxygen atoms in total. The minimum absolute atomic E-state index is 0. The second-order valence-corrected chi connectivity index (χ2v) is 5.25. The number of carbonyl (C=O) groups is 1. The lowest BCUT2D eigenvalue weighted by Crippen LogP contribution is -2.02. The van der Waals surface area contributed by atoms with Gasteiger partial charge < -0.3 is 15.5 Å². The molecule has 0 aliphatic carbocycles. The molecular weight excluding hydrogens is 342 g/mol. The van der Waals surface area contributed by atoms with Crippen molar-refractivity contribution in [2.75, 3.05) is 12.4 Å². The number of anilines is 2. The van der Waals surface area contributed by atoms with Crippen LogP contribution in [-0.4, -0.2) is 28.5 Å². The average molecular weight is 356 g/mol. The van der Waals surface area contributed by atoms with Gasteiger partial charge in [0.15, 0.2) is 0 Å². The molecule has 0 aliphatic heterocycles. The summed E-state index contributed by atoms with van der Waals surface area (Å²) < 4.78 is 4.72. The van der Waals surface area contributed by atoms with Gasteiger partial charge in [0.25, 0.3) is 0 Å². The van der Waals surface area contributed by atoms with Gasteiger partial charge in [-0.2, -0.15) is 4.98 Å². The molecule has 0 amide bonds. The third kappa shape index (κ3) is 3.86. The Morgan fingerprint density at radius 3 is 2.76 bits per heavy atom. The molecule has 1 aromatic heterocycles. The third-order valence-electron chi connectivity index (χ3n) is 3.38. The van der Waals surface area contributed by atoms with Crippen LogP contribution in [0.4, 0.5) is 11.5 Å². The lowest BCUT2D eigenvalue weighted by atomic mass is 10.1. The predicted octanol–water partition coefficient (Wildman–Crippen LogP) is 2.97. The Morgan fingerprint density at radius 1 is 1.24 bits per heavy atom. The first-order chi connectivity index (χ1) is 11.6. The van der Waals surface area contributed by atoms with Gasteiger partial charge in [-0.05, 0) is 48.0 Å². The van der Waals surface area contributed by atoms with Crippen LogP contribution < -0.4 is 5.32 Å². The summed E-state index contributed by atoms with van der Waals surface area (Å²) in [5, 5.41) is 3.97. The van der Waals surface area contributed by atoms with Crippen LogP contribution in [-0.2, 0) is 4.74 Å². The van der Waals surface area contributed by atoms with E-state index in [4.69, 9.17) is 22.8 Å². The molecule has 0 spiro atoms. The number of aromatic nitrogens is 2. The number of hydrogen-bond donors (Lipinski definition) is 1. The van der Waals surface area contributed by atoms with Crippen molar-refractivity contribution in [1.29, 1.82) is 0 Å². The molecule has 25 heavy (non-hydrogen) atoms. The van der Waals surface area contributed by atoms with Crippen LogP contribution in [0.25, 0.3) is 10.9 Å². The maximum Gasteiger partial charge on any atom is 0.337 e. The number of halogens is 1. The van der Waals surface area contributed by atoms with Gasteiger partial charge in [-0.15, -0.1) is 6.42 Å². The molecule has 0 radical (unpaired) electrons. The number of esters is 1. The number of ether oxygens (including phenoxy) is 1. The summed E-state index contributed by atoms with van der Waals surface area (Å²) in [7, 11) is 1.32. The largest absolute Gasteiger partial charge is 0.465 e. The monoisotopic (exact) mass is 355 g/mol. The lowest BCUT2D eigenvalue weighted by Gasteiger charge is -2.10. The molecule has 2 aromatic carbocycles. The van der Waals surface area contributed by atoms with Crippen molar-refractivity contribution < 1.29 is 15.0 Å². The molecule has 0 bridgehead atoms. The van der Waals surface area contributed by atoms with Gasteiger partial charge in [0.2, 0.25) is 5.28 Å². The van der Waals surface area contributed by atoms with Gasteiger partial charge >= 0.3 is 5.97 Å². The Labute approximate surface area is 149 Å². The molecule has 0 atom stereocenters. The van der Waals surface area contributed by atoms with Crippen molar-refractivity contribution in [3.8, 4) is 12.3 Å². The number of rotatable bonds is 3. The summed E-state index contributed by atoms with van der Waals surface area (Å²) in [5.74, 6) is 2.66. The van der Waals surface area contributed by atoms with Crippen LogP contribution in [0.2, 0.25) is 5.28 Å². The second-order valence-electron chi connectivity index (χ2n) is 4.91. The van der Waals surface area contributed by atoms with Crippen molar-refractivity contribution in [2.24, 2.45) is 0 Å². The number of carbonyl (C=O) groups excluding carboxylic acids is 1. The molecule has 126 valence electrons.